The normalized spacial score (nSPS) is 20.4. The third-order valence-electron chi connectivity index (χ3n) is 5.20. The molecule has 0 aliphatic heterocycles. The Bertz CT molecular complexity index is 836. The molecule has 0 spiro atoms. The van der Waals surface area contributed by atoms with E-state index in [1.54, 1.807) is 6.07 Å². The van der Waals surface area contributed by atoms with Gasteiger partial charge in [-0.25, -0.2) is 9.37 Å². The zero-order valence-corrected chi connectivity index (χ0v) is 18.4. The van der Waals surface area contributed by atoms with E-state index in [1.165, 1.54) is 18.3 Å². The molecule has 0 bridgehead atoms. The second-order valence-electron chi connectivity index (χ2n) is 7.69. The summed E-state index contributed by atoms with van der Waals surface area (Å²) in [5.41, 5.74) is 0.667. The number of aromatic nitrogens is 1. The van der Waals surface area contributed by atoms with Gasteiger partial charge in [0.1, 0.15) is 0 Å². The molecule has 6 nitrogen and oxygen atoms in total. The number of carbonyl (C=O) groups is 1. The van der Waals surface area contributed by atoms with E-state index < -0.39 is 0 Å². The molecule has 0 radical (unpaired) electrons. The fourth-order valence-corrected chi connectivity index (χ4v) is 4.50. The zero-order valence-electron chi connectivity index (χ0n) is 17.5. The Morgan fingerprint density at radius 2 is 2.03 bits per heavy atom. The van der Waals surface area contributed by atoms with E-state index in [1.807, 2.05) is 31.9 Å². The molecule has 8 heteroatoms. The number of amides is 1. The van der Waals surface area contributed by atoms with Crippen molar-refractivity contribution in [2.24, 2.45) is 0 Å². The predicted octanol–water partition coefficient (Wildman–Crippen LogP) is 4.12. The van der Waals surface area contributed by atoms with Crippen LogP contribution in [0.15, 0.2) is 12.1 Å². The molecule has 29 heavy (non-hydrogen) atoms. The van der Waals surface area contributed by atoms with Gasteiger partial charge in [0.2, 0.25) is 5.91 Å². The smallest absolute Gasteiger partial charge is 0.217 e. The lowest BCUT2D eigenvalue weighted by Gasteiger charge is -2.30. The van der Waals surface area contributed by atoms with Gasteiger partial charge in [-0.3, -0.25) is 4.79 Å². The van der Waals surface area contributed by atoms with Gasteiger partial charge in [-0.2, -0.15) is 0 Å². The summed E-state index contributed by atoms with van der Waals surface area (Å²) < 4.78 is 27.4. The first-order chi connectivity index (χ1) is 13.9. The summed E-state index contributed by atoms with van der Waals surface area (Å²) in [6, 6.07) is 3.51. The molecule has 3 rings (SSSR count). The van der Waals surface area contributed by atoms with E-state index in [9.17, 15) is 9.18 Å². The molecule has 1 aromatic heterocycles. The minimum atomic E-state index is -0.321. The molecule has 0 unspecified atom stereocenters. The largest absolute Gasteiger partial charge is 0.487 e. The number of anilines is 1. The highest BCUT2D eigenvalue weighted by Gasteiger charge is 2.25. The van der Waals surface area contributed by atoms with Crippen LogP contribution in [0.25, 0.3) is 10.2 Å². The molecule has 1 aliphatic carbocycles. The lowest BCUT2D eigenvalue weighted by Crippen LogP contribution is -2.36. The molecule has 1 aromatic carbocycles. The number of thiazole rings is 1. The quantitative estimate of drug-likeness (QED) is 0.692. The van der Waals surface area contributed by atoms with Gasteiger partial charge >= 0.3 is 0 Å². The maximum absolute atomic E-state index is 15.0. The van der Waals surface area contributed by atoms with Crippen molar-refractivity contribution in [3.05, 3.63) is 17.9 Å². The summed E-state index contributed by atoms with van der Waals surface area (Å²) >= 11 is 1.36. The zero-order chi connectivity index (χ0) is 21.0. The van der Waals surface area contributed by atoms with Crippen LogP contribution in [0.3, 0.4) is 0 Å². The summed E-state index contributed by atoms with van der Waals surface area (Å²) in [4.78, 5) is 17.6. The SMILES string of the molecule is CCN(C)c1nc2ccc(O[C@H]3CC[C@H](OC[C@H](C)NC(C)=O)CC3)c(F)c2s1. The Hall–Kier alpha value is -1.93. The first-order valence-electron chi connectivity index (χ1n) is 10.2. The molecule has 1 saturated carbocycles. The van der Waals surface area contributed by atoms with Crippen LogP contribution in [0.5, 0.6) is 5.75 Å². The van der Waals surface area contributed by atoms with Crippen molar-refractivity contribution in [1.29, 1.82) is 0 Å². The molecule has 1 aliphatic rings. The Morgan fingerprint density at radius 3 is 2.69 bits per heavy atom. The minimum Gasteiger partial charge on any atom is -0.487 e. The first-order valence-corrected chi connectivity index (χ1v) is 11.0. The Morgan fingerprint density at radius 1 is 1.34 bits per heavy atom. The highest BCUT2D eigenvalue weighted by molar-refractivity contribution is 7.22. The van der Waals surface area contributed by atoms with Crippen LogP contribution < -0.4 is 15.0 Å². The highest BCUT2D eigenvalue weighted by Crippen LogP contribution is 2.35. The standard InChI is InChI=1S/C21H30FN3O3S/c1-5-25(4)21-24-17-10-11-18(19(22)20(17)29-21)28-16-8-6-15(7-9-16)27-12-13(2)23-14(3)26/h10-11,13,15-16H,5-9,12H2,1-4H3,(H,23,26)/t13-,15-,16-/m0/s1. The van der Waals surface area contributed by atoms with E-state index in [-0.39, 0.29) is 30.0 Å². The van der Waals surface area contributed by atoms with Gasteiger partial charge < -0.3 is 19.7 Å². The number of benzene rings is 1. The lowest BCUT2D eigenvalue weighted by molar-refractivity contribution is -0.120. The molecule has 2 aromatic rings. The summed E-state index contributed by atoms with van der Waals surface area (Å²) in [5, 5.41) is 3.63. The van der Waals surface area contributed by atoms with Crippen molar-refractivity contribution < 1.29 is 18.7 Å². The predicted molar refractivity (Wildman–Crippen MR) is 114 cm³/mol. The molecular formula is C21H30FN3O3S. The van der Waals surface area contributed by atoms with Gasteiger partial charge in [0.25, 0.3) is 0 Å². The minimum absolute atomic E-state index is 0.00153. The fraction of sp³-hybridized carbons (Fsp3) is 0.619. The second-order valence-corrected chi connectivity index (χ2v) is 8.67. The second kappa shape index (κ2) is 9.71. The van der Waals surface area contributed by atoms with E-state index in [0.717, 1.165) is 37.4 Å². The monoisotopic (exact) mass is 423 g/mol. The Balaban J connectivity index is 1.54. The van der Waals surface area contributed by atoms with Gasteiger partial charge in [0.15, 0.2) is 16.7 Å². The molecular weight excluding hydrogens is 393 g/mol. The molecule has 0 saturated heterocycles. The molecule has 1 amide bonds. The number of fused-ring (bicyclic) bond motifs is 1. The third kappa shape index (κ3) is 5.57. The average molecular weight is 424 g/mol. The van der Waals surface area contributed by atoms with Gasteiger partial charge in [-0.1, -0.05) is 11.3 Å². The molecule has 1 fully saturated rings. The van der Waals surface area contributed by atoms with E-state index in [4.69, 9.17) is 9.47 Å². The van der Waals surface area contributed by atoms with Gasteiger partial charge in [-0.15, -0.1) is 0 Å². The summed E-state index contributed by atoms with van der Waals surface area (Å²) in [7, 11) is 1.95. The van der Waals surface area contributed by atoms with Crippen LogP contribution in [-0.4, -0.2) is 49.3 Å². The molecule has 1 N–H and O–H groups in total. The van der Waals surface area contributed by atoms with Gasteiger partial charge in [0.05, 0.1) is 29.0 Å². The van der Waals surface area contributed by atoms with E-state index in [0.29, 0.717) is 22.6 Å². The number of ether oxygens (including phenoxy) is 2. The summed E-state index contributed by atoms with van der Waals surface area (Å²) in [6.45, 7) is 6.79. The first kappa shape index (κ1) is 21.8. The summed E-state index contributed by atoms with van der Waals surface area (Å²) in [6.07, 6.45) is 3.53. The van der Waals surface area contributed by atoms with Crippen LogP contribution in [0, 0.1) is 5.82 Å². The van der Waals surface area contributed by atoms with Crippen molar-refractivity contribution in [3.8, 4) is 5.75 Å². The Kier molecular flexibility index (Phi) is 7.29. The van der Waals surface area contributed by atoms with Gasteiger partial charge in [-0.05, 0) is 51.7 Å². The number of hydrogen-bond donors (Lipinski definition) is 1. The van der Waals surface area contributed by atoms with Crippen molar-refractivity contribution in [3.63, 3.8) is 0 Å². The number of halogens is 1. The average Bonchev–Trinajstić information content (AvgIpc) is 3.13. The van der Waals surface area contributed by atoms with Crippen molar-refractivity contribution in [1.82, 2.24) is 10.3 Å². The Labute approximate surface area is 175 Å². The summed E-state index contributed by atoms with van der Waals surface area (Å²) in [5.74, 6) is -0.0691. The van der Waals surface area contributed by atoms with Crippen molar-refractivity contribution in [2.45, 2.75) is 64.7 Å². The number of nitrogens with one attached hydrogen (secondary N) is 1. The number of carbonyl (C=O) groups excluding carboxylic acids is 1. The molecule has 1 heterocycles. The molecule has 1 atom stereocenters. The highest BCUT2D eigenvalue weighted by atomic mass is 32.1. The van der Waals surface area contributed by atoms with Crippen molar-refractivity contribution in [2.75, 3.05) is 25.1 Å². The topological polar surface area (TPSA) is 63.7 Å². The van der Waals surface area contributed by atoms with Crippen LogP contribution in [0.4, 0.5) is 9.52 Å². The number of nitrogens with zero attached hydrogens (tertiary/aromatic N) is 2. The lowest BCUT2D eigenvalue weighted by atomic mass is 9.95. The van der Waals surface area contributed by atoms with E-state index in [2.05, 4.69) is 10.3 Å². The van der Waals surface area contributed by atoms with Crippen LogP contribution >= 0.6 is 11.3 Å². The number of hydrogen-bond acceptors (Lipinski definition) is 6. The van der Waals surface area contributed by atoms with Crippen LogP contribution in [-0.2, 0) is 9.53 Å². The maximum Gasteiger partial charge on any atom is 0.217 e. The fourth-order valence-electron chi connectivity index (χ4n) is 3.49. The molecule has 160 valence electrons. The number of rotatable bonds is 8. The van der Waals surface area contributed by atoms with Gasteiger partial charge in [0, 0.05) is 26.6 Å². The third-order valence-corrected chi connectivity index (χ3v) is 6.38. The van der Waals surface area contributed by atoms with Crippen LogP contribution in [0.2, 0.25) is 0 Å². The van der Waals surface area contributed by atoms with Crippen LogP contribution in [0.1, 0.15) is 46.5 Å². The van der Waals surface area contributed by atoms with E-state index >= 15 is 0 Å². The maximum atomic E-state index is 15.0. The van der Waals surface area contributed by atoms with Crippen molar-refractivity contribution >= 4 is 32.6 Å².